The fourth-order valence-electron chi connectivity index (χ4n) is 2.64. The molecule has 6 heteroatoms. The summed E-state index contributed by atoms with van der Waals surface area (Å²) >= 11 is 0. The van der Waals surface area contributed by atoms with Crippen LogP contribution in [-0.2, 0) is 17.3 Å². The van der Waals surface area contributed by atoms with Gasteiger partial charge in [-0.2, -0.15) is 0 Å². The van der Waals surface area contributed by atoms with Crippen LogP contribution in [0.1, 0.15) is 25.3 Å². The summed E-state index contributed by atoms with van der Waals surface area (Å²) < 4.78 is 10.9. The molecule has 2 N–H and O–H groups in total. The van der Waals surface area contributed by atoms with Crippen LogP contribution in [0.4, 0.5) is 10.5 Å². The van der Waals surface area contributed by atoms with Gasteiger partial charge in [0.05, 0.1) is 0 Å². The van der Waals surface area contributed by atoms with E-state index in [-0.39, 0.29) is 6.03 Å². The van der Waals surface area contributed by atoms with Gasteiger partial charge in [0.2, 0.25) is 0 Å². The summed E-state index contributed by atoms with van der Waals surface area (Å²) in [4.78, 5) is 14.0. The maximum absolute atomic E-state index is 11.6. The molecule has 1 aliphatic rings. The lowest BCUT2D eigenvalue weighted by molar-refractivity contribution is 0.241. The number of carbonyl (C=O) groups is 1. The van der Waals surface area contributed by atoms with Crippen LogP contribution in [0.5, 0.6) is 0 Å². The first-order valence-corrected chi connectivity index (χ1v) is 9.93. The Hall–Kier alpha value is -1.56. The van der Waals surface area contributed by atoms with Crippen LogP contribution in [0.2, 0.25) is 0 Å². The predicted molar refractivity (Wildman–Crippen MR) is 96.2 cm³/mol. The fourth-order valence-corrected chi connectivity index (χ4v) is 3.03. The first kappa shape index (κ1) is 17.8. The number of nitrogens with one attached hydrogen (secondary N) is 2. The van der Waals surface area contributed by atoms with Crippen molar-refractivity contribution < 1.29 is 9.00 Å². The van der Waals surface area contributed by atoms with Crippen molar-refractivity contribution in [3.8, 4) is 0 Å². The Bertz CT molecular complexity index is 525. The third-order valence-electron chi connectivity index (χ3n) is 4.21. The van der Waals surface area contributed by atoms with Crippen molar-refractivity contribution in [2.45, 2.75) is 26.3 Å². The van der Waals surface area contributed by atoms with Crippen LogP contribution in [0, 0.1) is 5.92 Å². The summed E-state index contributed by atoms with van der Waals surface area (Å²) in [6.45, 7) is 5.49. The van der Waals surface area contributed by atoms with Crippen LogP contribution in [0.25, 0.3) is 0 Å². The number of carbonyl (C=O) groups excluding carboxylic acids is 1. The Labute approximate surface area is 141 Å². The zero-order chi connectivity index (χ0) is 16.7. The van der Waals surface area contributed by atoms with Crippen molar-refractivity contribution in [2.24, 2.45) is 5.92 Å². The van der Waals surface area contributed by atoms with Gasteiger partial charge in [-0.05, 0) is 36.5 Å². The summed E-state index contributed by atoms with van der Waals surface area (Å²) in [5.41, 5.74) is 2.34. The highest BCUT2D eigenvalue weighted by atomic mass is 32.2. The first-order chi connectivity index (χ1) is 11.0. The van der Waals surface area contributed by atoms with Gasteiger partial charge in [0.25, 0.3) is 0 Å². The second-order valence-corrected chi connectivity index (χ2v) is 7.78. The molecular formula is C17H27N3O2S. The lowest BCUT2D eigenvalue weighted by Crippen LogP contribution is -2.37. The number of hydrogen-bond donors (Lipinski definition) is 2. The third-order valence-corrected chi connectivity index (χ3v) is 4.99. The van der Waals surface area contributed by atoms with Gasteiger partial charge in [0.15, 0.2) is 0 Å². The minimum atomic E-state index is -0.877. The smallest absolute Gasteiger partial charge is 0.315 e. The average molecular weight is 337 g/mol. The van der Waals surface area contributed by atoms with Crippen molar-refractivity contribution in [2.75, 3.05) is 36.5 Å². The summed E-state index contributed by atoms with van der Waals surface area (Å²) in [5, 5.41) is 5.51. The van der Waals surface area contributed by atoms with Gasteiger partial charge < -0.3 is 15.5 Å². The van der Waals surface area contributed by atoms with Gasteiger partial charge in [-0.15, -0.1) is 0 Å². The number of benzene rings is 1. The van der Waals surface area contributed by atoms with E-state index in [0.29, 0.717) is 18.8 Å². The normalized spacial score (nSPS) is 16.9. The SMILES string of the molecule is CC1CCN(c2ccc(CNC(=O)NCCS(C)=O)cc2)CC1. The molecule has 0 bridgehead atoms. The van der Waals surface area contributed by atoms with Crippen molar-refractivity contribution in [3.05, 3.63) is 29.8 Å². The maximum Gasteiger partial charge on any atom is 0.315 e. The Morgan fingerprint density at radius 1 is 1.22 bits per heavy atom. The van der Waals surface area contributed by atoms with Crippen LogP contribution in [0.15, 0.2) is 24.3 Å². The summed E-state index contributed by atoms with van der Waals surface area (Å²) in [6.07, 6.45) is 4.14. The van der Waals surface area contributed by atoms with E-state index >= 15 is 0 Å². The highest BCUT2D eigenvalue weighted by Gasteiger charge is 2.15. The summed E-state index contributed by atoms with van der Waals surface area (Å²) in [7, 11) is -0.877. The molecule has 0 radical (unpaired) electrons. The van der Waals surface area contributed by atoms with Crippen molar-refractivity contribution >= 4 is 22.5 Å². The maximum atomic E-state index is 11.6. The minimum absolute atomic E-state index is 0.218. The second kappa shape index (κ2) is 8.91. The summed E-state index contributed by atoms with van der Waals surface area (Å²) in [5.74, 6) is 1.31. The van der Waals surface area contributed by atoms with E-state index in [1.807, 2.05) is 0 Å². The number of nitrogens with zero attached hydrogens (tertiary/aromatic N) is 1. The molecule has 1 saturated heterocycles. The van der Waals surface area contributed by atoms with Crippen LogP contribution < -0.4 is 15.5 Å². The number of hydrogen-bond acceptors (Lipinski definition) is 3. The zero-order valence-corrected chi connectivity index (χ0v) is 14.8. The molecule has 2 rings (SSSR count). The standard InChI is InChI=1S/C17H27N3O2S/c1-14-7-10-20(11-8-14)16-5-3-15(4-6-16)13-19-17(21)18-9-12-23(2)22/h3-6,14H,7-13H2,1-2H3,(H2,18,19,21). The molecule has 1 unspecified atom stereocenters. The molecule has 1 aromatic rings. The fraction of sp³-hybridized carbons (Fsp3) is 0.588. The van der Waals surface area contributed by atoms with Gasteiger partial charge in [-0.25, -0.2) is 4.79 Å². The quantitative estimate of drug-likeness (QED) is 0.836. The van der Waals surface area contributed by atoms with Crippen LogP contribution in [0.3, 0.4) is 0 Å². The Morgan fingerprint density at radius 3 is 2.48 bits per heavy atom. The number of rotatable bonds is 6. The molecule has 1 heterocycles. The Balaban J connectivity index is 1.74. The van der Waals surface area contributed by atoms with E-state index in [2.05, 4.69) is 46.7 Å². The molecule has 2 amide bonds. The molecule has 0 aliphatic carbocycles. The zero-order valence-electron chi connectivity index (χ0n) is 14.0. The van der Waals surface area contributed by atoms with Gasteiger partial charge in [0, 0.05) is 54.7 Å². The molecule has 1 aliphatic heterocycles. The lowest BCUT2D eigenvalue weighted by atomic mass is 9.99. The van der Waals surface area contributed by atoms with Crippen molar-refractivity contribution in [1.29, 1.82) is 0 Å². The van der Waals surface area contributed by atoms with E-state index in [4.69, 9.17) is 0 Å². The molecule has 1 fully saturated rings. The van der Waals surface area contributed by atoms with E-state index in [1.165, 1.54) is 18.5 Å². The van der Waals surface area contributed by atoms with Crippen LogP contribution >= 0.6 is 0 Å². The first-order valence-electron chi connectivity index (χ1n) is 8.20. The largest absolute Gasteiger partial charge is 0.372 e. The van der Waals surface area contributed by atoms with E-state index in [1.54, 1.807) is 6.26 Å². The Kier molecular flexibility index (Phi) is 6.89. The van der Waals surface area contributed by atoms with Gasteiger partial charge >= 0.3 is 6.03 Å². The van der Waals surface area contributed by atoms with Crippen molar-refractivity contribution in [3.63, 3.8) is 0 Å². The highest BCUT2D eigenvalue weighted by molar-refractivity contribution is 7.84. The summed E-state index contributed by atoms with van der Waals surface area (Å²) in [6, 6.07) is 8.17. The van der Waals surface area contributed by atoms with Crippen LogP contribution in [-0.4, -0.2) is 41.9 Å². The molecule has 0 aromatic heterocycles. The van der Waals surface area contributed by atoms with Gasteiger partial charge in [0.1, 0.15) is 0 Å². The third kappa shape index (κ3) is 6.22. The molecule has 1 aromatic carbocycles. The molecule has 23 heavy (non-hydrogen) atoms. The number of piperidine rings is 1. The molecule has 0 saturated carbocycles. The molecular weight excluding hydrogens is 310 g/mol. The Morgan fingerprint density at radius 2 is 1.87 bits per heavy atom. The molecule has 128 valence electrons. The number of amides is 2. The van der Waals surface area contributed by atoms with Gasteiger partial charge in [-0.3, -0.25) is 4.21 Å². The van der Waals surface area contributed by atoms with E-state index in [9.17, 15) is 9.00 Å². The highest BCUT2D eigenvalue weighted by Crippen LogP contribution is 2.23. The minimum Gasteiger partial charge on any atom is -0.372 e. The number of urea groups is 1. The molecule has 1 atom stereocenters. The number of anilines is 1. The lowest BCUT2D eigenvalue weighted by Gasteiger charge is -2.32. The van der Waals surface area contributed by atoms with E-state index < -0.39 is 10.8 Å². The molecule has 0 spiro atoms. The average Bonchev–Trinajstić information content (AvgIpc) is 2.54. The predicted octanol–water partition coefficient (Wildman–Crippen LogP) is 2.10. The topological polar surface area (TPSA) is 61.4 Å². The van der Waals surface area contributed by atoms with Crippen molar-refractivity contribution in [1.82, 2.24) is 10.6 Å². The molecule has 5 nitrogen and oxygen atoms in total. The van der Waals surface area contributed by atoms with Gasteiger partial charge in [-0.1, -0.05) is 19.1 Å². The monoisotopic (exact) mass is 337 g/mol. The van der Waals surface area contributed by atoms with E-state index in [0.717, 1.165) is 24.6 Å². The second-order valence-electron chi connectivity index (χ2n) is 6.22.